The fraction of sp³-hybridized carbons (Fsp3) is 0.182. The molecule has 15 heavy (non-hydrogen) atoms. The Morgan fingerprint density at radius 1 is 1.40 bits per heavy atom. The van der Waals surface area contributed by atoms with Crippen molar-refractivity contribution in [2.24, 2.45) is 0 Å². The van der Waals surface area contributed by atoms with E-state index in [-0.39, 0.29) is 5.56 Å². The molecule has 0 aliphatic rings. The van der Waals surface area contributed by atoms with E-state index in [0.29, 0.717) is 5.75 Å². The van der Waals surface area contributed by atoms with E-state index in [1.54, 1.807) is 12.1 Å². The third kappa shape index (κ3) is 1.54. The van der Waals surface area contributed by atoms with Gasteiger partial charge in [0.05, 0.1) is 7.11 Å². The zero-order chi connectivity index (χ0) is 11.0. The van der Waals surface area contributed by atoms with E-state index in [2.05, 4.69) is 4.98 Å². The van der Waals surface area contributed by atoms with Gasteiger partial charge in [-0.25, -0.2) is 4.79 Å². The number of fused-ring (bicyclic) bond motifs is 1. The minimum Gasteiger partial charge on any atom is -0.496 e. The number of H-pyrrole nitrogens is 1. The maximum Gasteiger partial charge on any atom is 0.339 e. The number of aromatic carboxylic acids is 1. The van der Waals surface area contributed by atoms with Crippen LogP contribution in [0.1, 0.15) is 16.1 Å². The molecule has 2 aromatic rings. The van der Waals surface area contributed by atoms with Crippen LogP contribution >= 0.6 is 0 Å². The lowest BCUT2D eigenvalue weighted by atomic mass is 10.1. The lowest BCUT2D eigenvalue weighted by Gasteiger charge is -2.04. The average molecular weight is 205 g/mol. The van der Waals surface area contributed by atoms with Crippen molar-refractivity contribution in [2.75, 3.05) is 7.11 Å². The third-order valence-electron chi connectivity index (χ3n) is 2.31. The molecule has 1 aromatic heterocycles. The molecule has 0 saturated heterocycles. The molecule has 0 aliphatic heterocycles. The number of aromatic nitrogens is 1. The first-order valence-electron chi connectivity index (χ1n) is 4.52. The molecule has 0 atom stereocenters. The van der Waals surface area contributed by atoms with Crippen LogP contribution in [0, 0.1) is 6.92 Å². The number of methoxy groups -OCH3 is 1. The summed E-state index contributed by atoms with van der Waals surface area (Å²) in [6.45, 7) is 1.92. The SMILES string of the molecule is COc1cc2[nH]c(C)cc2cc1C(=O)O. The third-order valence-corrected chi connectivity index (χ3v) is 2.31. The summed E-state index contributed by atoms with van der Waals surface area (Å²) in [4.78, 5) is 14.1. The molecule has 0 bridgehead atoms. The zero-order valence-corrected chi connectivity index (χ0v) is 8.50. The van der Waals surface area contributed by atoms with Crippen LogP contribution in [0.5, 0.6) is 5.75 Å². The van der Waals surface area contributed by atoms with Crippen LogP contribution in [0.2, 0.25) is 0 Å². The van der Waals surface area contributed by atoms with Crippen LogP contribution < -0.4 is 4.74 Å². The number of nitrogens with one attached hydrogen (secondary N) is 1. The number of aryl methyl sites for hydroxylation is 1. The van der Waals surface area contributed by atoms with Gasteiger partial charge in [-0.3, -0.25) is 0 Å². The lowest BCUT2D eigenvalue weighted by Crippen LogP contribution is -1.99. The standard InChI is InChI=1S/C11H11NO3/c1-6-3-7-4-8(11(13)14)10(15-2)5-9(7)12-6/h3-5,12H,1-2H3,(H,13,14). The predicted octanol–water partition coefficient (Wildman–Crippen LogP) is 2.18. The highest BCUT2D eigenvalue weighted by Gasteiger charge is 2.12. The van der Waals surface area contributed by atoms with E-state index in [1.807, 2.05) is 13.0 Å². The second-order valence-electron chi connectivity index (χ2n) is 3.40. The van der Waals surface area contributed by atoms with Gasteiger partial charge in [0.15, 0.2) is 0 Å². The van der Waals surface area contributed by atoms with E-state index >= 15 is 0 Å². The summed E-state index contributed by atoms with van der Waals surface area (Å²) in [5, 5.41) is 9.85. The van der Waals surface area contributed by atoms with E-state index in [9.17, 15) is 4.79 Å². The zero-order valence-electron chi connectivity index (χ0n) is 8.50. The molecule has 0 spiro atoms. The fourth-order valence-corrected chi connectivity index (χ4v) is 1.64. The molecule has 2 N–H and O–H groups in total. The Bertz CT molecular complexity index is 528. The summed E-state index contributed by atoms with van der Waals surface area (Å²) in [6, 6.07) is 5.22. The molecule has 0 aliphatic carbocycles. The molecule has 1 aromatic carbocycles. The Hall–Kier alpha value is -1.97. The molecule has 0 unspecified atom stereocenters. The Morgan fingerprint density at radius 3 is 2.73 bits per heavy atom. The highest BCUT2D eigenvalue weighted by atomic mass is 16.5. The van der Waals surface area contributed by atoms with Gasteiger partial charge in [-0.15, -0.1) is 0 Å². The number of ether oxygens (including phenoxy) is 1. The van der Waals surface area contributed by atoms with E-state index in [0.717, 1.165) is 16.6 Å². The summed E-state index contributed by atoms with van der Waals surface area (Å²) >= 11 is 0. The maximum absolute atomic E-state index is 10.9. The highest BCUT2D eigenvalue weighted by molar-refractivity contribution is 5.97. The number of benzene rings is 1. The molecular formula is C11H11NO3. The van der Waals surface area contributed by atoms with Gasteiger partial charge < -0.3 is 14.8 Å². The first-order chi connectivity index (χ1) is 7.11. The molecular weight excluding hydrogens is 194 g/mol. The number of aromatic amines is 1. The van der Waals surface area contributed by atoms with Gasteiger partial charge in [0.1, 0.15) is 11.3 Å². The van der Waals surface area contributed by atoms with Gasteiger partial charge >= 0.3 is 5.97 Å². The summed E-state index contributed by atoms with van der Waals surface area (Å²) in [7, 11) is 1.46. The first kappa shape index (κ1) is 9.58. The molecule has 4 heteroatoms. The maximum atomic E-state index is 10.9. The van der Waals surface area contributed by atoms with Crippen molar-refractivity contribution in [1.82, 2.24) is 4.98 Å². The number of rotatable bonds is 2. The quantitative estimate of drug-likeness (QED) is 0.789. The lowest BCUT2D eigenvalue weighted by molar-refractivity contribution is 0.0693. The summed E-state index contributed by atoms with van der Waals surface area (Å²) in [5.41, 5.74) is 2.06. The van der Waals surface area contributed by atoms with Crippen LogP contribution in [0.25, 0.3) is 10.9 Å². The van der Waals surface area contributed by atoms with Crippen LogP contribution in [0.4, 0.5) is 0 Å². The summed E-state index contributed by atoms with van der Waals surface area (Å²) in [6.07, 6.45) is 0. The second kappa shape index (κ2) is 3.31. The fourth-order valence-electron chi connectivity index (χ4n) is 1.64. The molecule has 0 saturated carbocycles. The van der Waals surface area contributed by atoms with Gasteiger partial charge in [-0.05, 0) is 19.1 Å². The Kier molecular flexibility index (Phi) is 2.11. The van der Waals surface area contributed by atoms with E-state index < -0.39 is 5.97 Å². The van der Waals surface area contributed by atoms with Crippen LogP contribution in [-0.2, 0) is 0 Å². The summed E-state index contributed by atoms with van der Waals surface area (Å²) in [5.74, 6) is -0.607. The molecule has 0 amide bonds. The van der Waals surface area contributed by atoms with Gasteiger partial charge in [0.25, 0.3) is 0 Å². The number of carbonyl (C=O) groups is 1. The minimum absolute atomic E-state index is 0.184. The summed E-state index contributed by atoms with van der Waals surface area (Å²) < 4.78 is 5.02. The van der Waals surface area contributed by atoms with Gasteiger partial charge in [0, 0.05) is 22.7 Å². The van der Waals surface area contributed by atoms with Crippen LogP contribution in [-0.4, -0.2) is 23.2 Å². The van der Waals surface area contributed by atoms with Crippen molar-refractivity contribution in [2.45, 2.75) is 6.92 Å². The average Bonchev–Trinajstić information content (AvgIpc) is 2.54. The van der Waals surface area contributed by atoms with Crippen molar-refractivity contribution in [3.63, 3.8) is 0 Å². The van der Waals surface area contributed by atoms with Gasteiger partial charge in [0.2, 0.25) is 0 Å². The molecule has 1 heterocycles. The van der Waals surface area contributed by atoms with Gasteiger partial charge in [-0.2, -0.15) is 0 Å². The smallest absolute Gasteiger partial charge is 0.339 e. The molecule has 2 rings (SSSR count). The number of hydrogen-bond donors (Lipinski definition) is 2. The second-order valence-corrected chi connectivity index (χ2v) is 3.40. The largest absolute Gasteiger partial charge is 0.496 e. The van der Waals surface area contributed by atoms with Crippen LogP contribution in [0.3, 0.4) is 0 Å². The molecule has 0 radical (unpaired) electrons. The van der Waals surface area contributed by atoms with Crippen molar-refractivity contribution < 1.29 is 14.6 Å². The number of hydrogen-bond acceptors (Lipinski definition) is 2. The van der Waals surface area contributed by atoms with Crippen LogP contribution in [0.15, 0.2) is 18.2 Å². The predicted molar refractivity (Wildman–Crippen MR) is 56.5 cm³/mol. The Morgan fingerprint density at radius 2 is 2.13 bits per heavy atom. The molecule has 0 fully saturated rings. The monoisotopic (exact) mass is 205 g/mol. The number of carboxylic acids is 1. The molecule has 4 nitrogen and oxygen atoms in total. The van der Waals surface area contributed by atoms with Crippen molar-refractivity contribution in [1.29, 1.82) is 0 Å². The van der Waals surface area contributed by atoms with Gasteiger partial charge in [-0.1, -0.05) is 0 Å². The Labute approximate surface area is 86.5 Å². The van der Waals surface area contributed by atoms with Crippen molar-refractivity contribution in [3.8, 4) is 5.75 Å². The Balaban J connectivity index is 2.73. The van der Waals surface area contributed by atoms with E-state index in [4.69, 9.17) is 9.84 Å². The topological polar surface area (TPSA) is 62.3 Å². The minimum atomic E-state index is -0.979. The first-order valence-corrected chi connectivity index (χ1v) is 4.52. The normalized spacial score (nSPS) is 10.5. The molecule has 78 valence electrons. The highest BCUT2D eigenvalue weighted by Crippen LogP contribution is 2.26. The van der Waals surface area contributed by atoms with Crippen molar-refractivity contribution in [3.05, 3.63) is 29.5 Å². The van der Waals surface area contributed by atoms with E-state index in [1.165, 1.54) is 7.11 Å². The number of carboxylic acid groups (broad SMARTS) is 1. The van der Waals surface area contributed by atoms with Crippen molar-refractivity contribution >= 4 is 16.9 Å².